The van der Waals surface area contributed by atoms with E-state index in [4.69, 9.17) is 17.4 Å². The number of nitrogens with one attached hydrogen (secondary N) is 1. The Kier molecular flexibility index (Phi) is 2.84. The van der Waals surface area contributed by atoms with E-state index in [1.54, 1.807) is 0 Å². The van der Waals surface area contributed by atoms with Gasteiger partial charge >= 0.3 is 0 Å². The van der Waals surface area contributed by atoms with Gasteiger partial charge in [0.2, 0.25) is 11.6 Å². The molecule has 6 heteroatoms. The largest absolute Gasteiger partial charge is 0.313 e. The molecule has 0 radical (unpaired) electrons. The van der Waals surface area contributed by atoms with Gasteiger partial charge in [-0.3, -0.25) is 0 Å². The Balaban J connectivity index is 2.17. The number of alkyl halides is 1. The minimum absolute atomic E-state index is 0.181. The molecule has 1 heterocycles. The molecule has 5 nitrogen and oxygen atoms in total. The van der Waals surface area contributed by atoms with Crippen LogP contribution in [0.25, 0.3) is 0 Å². The highest BCUT2D eigenvalue weighted by molar-refractivity contribution is 6.23. The summed E-state index contributed by atoms with van der Waals surface area (Å²) in [6.45, 7) is 3.99. The molecule has 1 unspecified atom stereocenters. The summed E-state index contributed by atoms with van der Waals surface area (Å²) in [6, 6.07) is 0.181. The van der Waals surface area contributed by atoms with E-state index in [1.165, 1.54) is 17.9 Å². The van der Waals surface area contributed by atoms with Crippen molar-refractivity contribution in [3.8, 4) is 0 Å². The number of nitrogens with two attached hydrogens (primary N) is 1. The van der Waals surface area contributed by atoms with Crippen molar-refractivity contribution in [3.63, 3.8) is 0 Å². The monoisotopic (exact) mass is 229 g/mol. The molecule has 84 valence electrons. The van der Waals surface area contributed by atoms with E-state index in [0.29, 0.717) is 11.9 Å². The van der Waals surface area contributed by atoms with Crippen LogP contribution >= 0.6 is 11.6 Å². The Morgan fingerprint density at radius 1 is 1.60 bits per heavy atom. The maximum atomic E-state index is 6.00. The second kappa shape index (κ2) is 3.98. The average Bonchev–Trinajstić information content (AvgIpc) is 2.94. The van der Waals surface area contributed by atoms with Crippen LogP contribution in [0.4, 0.5) is 0 Å². The van der Waals surface area contributed by atoms with Crippen LogP contribution in [0.3, 0.4) is 0 Å². The molecule has 0 bridgehead atoms. The fourth-order valence-electron chi connectivity index (χ4n) is 1.40. The zero-order valence-electron chi connectivity index (χ0n) is 8.94. The van der Waals surface area contributed by atoms with Gasteiger partial charge in [-0.2, -0.15) is 0 Å². The van der Waals surface area contributed by atoms with Gasteiger partial charge in [0.1, 0.15) is 5.84 Å². The van der Waals surface area contributed by atoms with Gasteiger partial charge in [-0.15, -0.1) is 0 Å². The summed E-state index contributed by atoms with van der Waals surface area (Å²) >= 11 is 6.00. The molecule has 1 aliphatic heterocycles. The van der Waals surface area contributed by atoms with E-state index >= 15 is 0 Å². The van der Waals surface area contributed by atoms with Crippen LogP contribution in [0.15, 0.2) is 9.98 Å². The first kappa shape index (κ1) is 10.7. The Bertz CT molecular complexity index is 308. The number of nitrogens with zero attached hydrogens (tertiary/aromatic N) is 3. The lowest BCUT2D eigenvalue weighted by atomic mass is 10.3. The Labute approximate surface area is 94.4 Å². The number of hydrogen-bond acceptors (Lipinski definition) is 3. The van der Waals surface area contributed by atoms with E-state index in [1.807, 2.05) is 13.8 Å². The molecule has 0 aromatic heterocycles. The van der Waals surface area contributed by atoms with Crippen LogP contribution < -0.4 is 11.2 Å². The molecule has 2 aliphatic rings. The van der Waals surface area contributed by atoms with Gasteiger partial charge in [0.25, 0.3) is 0 Å². The van der Waals surface area contributed by atoms with Gasteiger partial charge in [-0.05, 0) is 26.7 Å². The van der Waals surface area contributed by atoms with E-state index < -0.39 is 5.62 Å². The summed E-state index contributed by atoms with van der Waals surface area (Å²) in [5, 5.41) is 4.50. The van der Waals surface area contributed by atoms with Crippen LogP contribution in [-0.4, -0.2) is 28.5 Å². The second-order valence-corrected chi connectivity index (χ2v) is 4.57. The zero-order valence-corrected chi connectivity index (χ0v) is 9.70. The number of rotatable bonds is 2. The van der Waals surface area contributed by atoms with Crippen LogP contribution in [0.5, 0.6) is 0 Å². The summed E-state index contributed by atoms with van der Waals surface area (Å²) in [4.78, 5) is 8.64. The SMILES string of the molecule is CC(C)N=C1NC(C2CC2)=NC(Cl)N1N. The predicted octanol–water partition coefficient (Wildman–Crippen LogP) is 0.861. The molecule has 1 aliphatic carbocycles. The lowest BCUT2D eigenvalue weighted by Crippen LogP contribution is -2.55. The quantitative estimate of drug-likeness (QED) is 0.419. The maximum absolute atomic E-state index is 6.00. The molecular weight excluding hydrogens is 214 g/mol. The Hall–Kier alpha value is -0.810. The van der Waals surface area contributed by atoms with Crippen LogP contribution in [0.1, 0.15) is 26.7 Å². The number of hydrogen-bond donors (Lipinski definition) is 2. The van der Waals surface area contributed by atoms with Gasteiger partial charge in [0.05, 0.1) is 0 Å². The number of guanidine groups is 1. The highest BCUT2D eigenvalue weighted by Crippen LogP contribution is 2.31. The third-order valence-electron chi connectivity index (χ3n) is 2.30. The highest BCUT2D eigenvalue weighted by Gasteiger charge is 2.33. The average molecular weight is 230 g/mol. The van der Waals surface area contributed by atoms with Crippen molar-refractivity contribution in [1.29, 1.82) is 0 Å². The summed E-state index contributed by atoms with van der Waals surface area (Å²) in [6.07, 6.45) is 2.35. The molecule has 2 rings (SSSR count). The van der Waals surface area contributed by atoms with E-state index in [0.717, 1.165) is 5.84 Å². The molecule has 1 saturated carbocycles. The zero-order chi connectivity index (χ0) is 11.0. The van der Waals surface area contributed by atoms with Gasteiger partial charge < -0.3 is 5.32 Å². The Morgan fingerprint density at radius 2 is 2.27 bits per heavy atom. The third-order valence-corrected chi connectivity index (χ3v) is 2.61. The van der Waals surface area contributed by atoms with Crippen LogP contribution in [0.2, 0.25) is 0 Å². The van der Waals surface area contributed by atoms with Gasteiger partial charge in [-0.1, -0.05) is 11.6 Å². The molecule has 0 aromatic carbocycles. The van der Waals surface area contributed by atoms with E-state index in [-0.39, 0.29) is 6.04 Å². The van der Waals surface area contributed by atoms with Crippen LogP contribution in [-0.2, 0) is 0 Å². The van der Waals surface area contributed by atoms with Crippen molar-refractivity contribution >= 4 is 23.4 Å². The number of aliphatic imine (C=N–C) groups is 2. The molecule has 0 spiro atoms. The standard InChI is InChI=1S/C9H16ClN5/c1-5(2)12-9-14-7(6-3-4-6)13-8(10)15(9)11/h5-6,8H,3-4,11H2,1-2H3,(H,12,13,14). The van der Waals surface area contributed by atoms with Crippen molar-refractivity contribution in [2.24, 2.45) is 21.7 Å². The summed E-state index contributed by atoms with van der Waals surface area (Å²) in [5.41, 5.74) is -0.542. The Morgan fingerprint density at radius 3 is 2.80 bits per heavy atom. The second-order valence-electron chi connectivity index (χ2n) is 4.18. The summed E-state index contributed by atoms with van der Waals surface area (Å²) < 4.78 is 0. The van der Waals surface area contributed by atoms with E-state index in [9.17, 15) is 0 Å². The van der Waals surface area contributed by atoms with Gasteiger partial charge in [0, 0.05) is 12.0 Å². The first-order chi connectivity index (χ1) is 7.08. The van der Waals surface area contributed by atoms with Gasteiger partial charge in [-0.25, -0.2) is 20.8 Å². The van der Waals surface area contributed by atoms with E-state index in [2.05, 4.69) is 15.3 Å². The molecule has 0 saturated heterocycles. The minimum atomic E-state index is -0.542. The molecule has 0 amide bonds. The van der Waals surface area contributed by atoms with Crippen molar-refractivity contribution < 1.29 is 0 Å². The predicted molar refractivity (Wildman–Crippen MR) is 61.5 cm³/mol. The molecule has 1 fully saturated rings. The normalized spacial score (nSPS) is 29.4. The minimum Gasteiger partial charge on any atom is -0.313 e. The van der Waals surface area contributed by atoms with Crippen molar-refractivity contribution in [2.75, 3.05) is 0 Å². The maximum Gasteiger partial charge on any atom is 0.217 e. The van der Waals surface area contributed by atoms with Gasteiger partial charge in [0.15, 0.2) is 0 Å². The fraction of sp³-hybridized carbons (Fsp3) is 0.778. The van der Waals surface area contributed by atoms with Crippen molar-refractivity contribution in [2.45, 2.75) is 38.4 Å². The first-order valence-electron chi connectivity index (χ1n) is 5.18. The summed E-state index contributed by atoms with van der Waals surface area (Å²) in [5.74, 6) is 7.82. The lowest BCUT2D eigenvalue weighted by molar-refractivity contribution is 0.390. The highest BCUT2D eigenvalue weighted by atomic mass is 35.5. The molecule has 0 aromatic rings. The lowest BCUT2D eigenvalue weighted by Gasteiger charge is -2.30. The van der Waals surface area contributed by atoms with Crippen LogP contribution in [0, 0.1) is 5.92 Å². The molecular formula is C9H16ClN5. The fourth-order valence-corrected chi connectivity index (χ4v) is 1.59. The molecule has 15 heavy (non-hydrogen) atoms. The van der Waals surface area contributed by atoms with Crippen molar-refractivity contribution in [3.05, 3.63) is 0 Å². The number of halogens is 1. The molecule has 1 atom stereocenters. The van der Waals surface area contributed by atoms with Crippen molar-refractivity contribution in [1.82, 2.24) is 10.3 Å². The summed E-state index contributed by atoms with van der Waals surface area (Å²) in [7, 11) is 0. The topological polar surface area (TPSA) is 66.0 Å². The first-order valence-corrected chi connectivity index (χ1v) is 5.62. The molecule has 3 N–H and O–H groups in total. The smallest absolute Gasteiger partial charge is 0.217 e. The third kappa shape index (κ3) is 2.41. The number of amidine groups is 1. The number of hydrazine groups is 1.